The van der Waals surface area contributed by atoms with E-state index in [-0.39, 0.29) is 23.0 Å². The summed E-state index contributed by atoms with van der Waals surface area (Å²) in [6.45, 7) is 0.455. The highest BCUT2D eigenvalue weighted by Gasteiger charge is 2.49. The molecule has 18 heavy (non-hydrogen) atoms. The van der Waals surface area contributed by atoms with Crippen LogP contribution in [0, 0.1) is 5.92 Å². The van der Waals surface area contributed by atoms with Crippen molar-refractivity contribution in [1.82, 2.24) is 4.90 Å². The molecule has 102 valence electrons. The smallest absolute Gasteiger partial charge is 0.222 e. The summed E-state index contributed by atoms with van der Waals surface area (Å²) in [6, 6.07) is -0.0175. The van der Waals surface area contributed by atoms with Crippen molar-refractivity contribution in [2.24, 2.45) is 5.92 Å². The third-order valence-electron chi connectivity index (χ3n) is 4.87. The van der Waals surface area contributed by atoms with Crippen LogP contribution in [0.1, 0.15) is 44.9 Å². The molecule has 3 rings (SSSR count). The van der Waals surface area contributed by atoms with Gasteiger partial charge in [0.25, 0.3) is 0 Å². The zero-order chi connectivity index (χ0) is 12.8. The number of sulfone groups is 1. The molecule has 1 saturated carbocycles. The number of fused-ring (bicyclic) bond motifs is 2. The van der Waals surface area contributed by atoms with Crippen molar-refractivity contribution < 1.29 is 13.2 Å². The summed E-state index contributed by atoms with van der Waals surface area (Å²) < 4.78 is 23.2. The van der Waals surface area contributed by atoms with Gasteiger partial charge in [-0.05, 0) is 18.8 Å². The Morgan fingerprint density at radius 1 is 1.22 bits per heavy atom. The van der Waals surface area contributed by atoms with Crippen molar-refractivity contribution in [1.29, 1.82) is 0 Å². The Morgan fingerprint density at radius 2 is 1.94 bits per heavy atom. The second-order valence-electron chi connectivity index (χ2n) is 6.08. The maximum atomic E-state index is 12.1. The minimum atomic E-state index is -2.88. The molecule has 2 bridgehead atoms. The van der Waals surface area contributed by atoms with Gasteiger partial charge in [-0.2, -0.15) is 0 Å². The van der Waals surface area contributed by atoms with E-state index < -0.39 is 9.84 Å². The number of nitrogens with zero attached hydrogens (tertiary/aromatic N) is 1. The van der Waals surface area contributed by atoms with E-state index in [1.165, 1.54) is 25.7 Å². The lowest BCUT2D eigenvalue weighted by Crippen LogP contribution is -2.44. The van der Waals surface area contributed by atoms with Crippen molar-refractivity contribution in [3.05, 3.63) is 0 Å². The molecule has 3 fully saturated rings. The van der Waals surface area contributed by atoms with Gasteiger partial charge in [-0.25, -0.2) is 8.42 Å². The fraction of sp³-hybridized carbons (Fsp3) is 0.923. The van der Waals surface area contributed by atoms with Crippen LogP contribution in [-0.4, -0.2) is 42.8 Å². The lowest BCUT2D eigenvalue weighted by molar-refractivity contribution is -0.132. The summed E-state index contributed by atoms with van der Waals surface area (Å²) in [5.74, 6) is 1.12. The SMILES string of the molecule is O=C(CCC1CCCC1)N1CC2CC1CS2(=O)=O. The summed E-state index contributed by atoms with van der Waals surface area (Å²) in [5, 5.41) is -0.266. The van der Waals surface area contributed by atoms with E-state index in [4.69, 9.17) is 0 Å². The maximum Gasteiger partial charge on any atom is 0.222 e. The Morgan fingerprint density at radius 3 is 2.50 bits per heavy atom. The Labute approximate surface area is 109 Å². The van der Waals surface area contributed by atoms with Gasteiger partial charge in [0.15, 0.2) is 9.84 Å². The highest BCUT2D eigenvalue weighted by atomic mass is 32.2. The second-order valence-corrected chi connectivity index (χ2v) is 8.40. The summed E-state index contributed by atoms with van der Waals surface area (Å²) in [7, 11) is -2.88. The van der Waals surface area contributed by atoms with E-state index in [2.05, 4.69) is 0 Å². The molecule has 5 heteroatoms. The van der Waals surface area contributed by atoms with Gasteiger partial charge in [-0.3, -0.25) is 4.79 Å². The summed E-state index contributed by atoms with van der Waals surface area (Å²) in [4.78, 5) is 14.0. The molecule has 3 aliphatic rings. The van der Waals surface area contributed by atoms with Gasteiger partial charge in [0, 0.05) is 19.0 Å². The van der Waals surface area contributed by atoms with E-state index in [1.54, 1.807) is 0 Å². The molecule has 2 unspecified atom stereocenters. The first-order valence-electron chi connectivity index (χ1n) is 7.07. The molecular weight excluding hydrogens is 250 g/mol. The molecule has 2 aliphatic heterocycles. The first-order valence-corrected chi connectivity index (χ1v) is 8.79. The number of hydrogen-bond acceptors (Lipinski definition) is 3. The van der Waals surface area contributed by atoms with Crippen LogP contribution >= 0.6 is 0 Å². The molecule has 2 atom stereocenters. The topological polar surface area (TPSA) is 54.5 Å². The van der Waals surface area contributed by atoms with E-state index in [9.17, 15) is 13.2 Å². The normalized spacial score (nSPS) is 34.3. The van der Waals surface area contributed by atoms with Gasteiger partial charge < -0.3 is 4.90 Å². The number of hydrogen-bond donors (Lipinski definition) is 0. The highest BCUT2D eigenvalue weighted by Crippen LogP contribution is 2.34. The minimum Gasteiger partial charge on any atom is -0.337 e. The molecular formula is C13H21NO3S. The van der Waals surface area contributed by atoms with Gasteiger partial charge in [0.2, 0.25) is 5.91 Å². The lowest BCUT2D eigenvalue weighted by Gasteiger charge is -2.27. The van der Waals surface area contributed by atoms with Crippen molar-refractivity contribution in [2.75, 3.05) is 12.3 Å². The molecule has 2 heterocycles. The zero-order valence-electron chi connectivity index (χ0n) is 10.7. The van der Waals surface area contributed by atoms with E-state index in [0.29, 0.717) is 19.4 Å². The average Bonchev–Trinajstić information content (AvgIpc) is 2.98. The molecule has 0 radical (unpaired) electrons. The molecule has 2 saturated heterocycles. The Hall–Kier alpha value is -0.580. The Kier molecular flexibility index (Phi) is 3.12. The monoisotopic (exact) mass is 271 g/mol. The number of rotatable bonds is 3. The largest absolute Gasteiger partial charge is 0.337 e. The summed E-state index contributed by atoms with van der Waals surface area (Å²) >= 11 is 0. The van der Waals surface area contributed by atoms with Crippen LogP contribution in [-0.2, 0) is 14.6 Å². The highest BCUT2D eigenvalue weighted by molar-refractivity contribution is 7.92. The Bertz CT molecular complexity index is 439. The first-order chi connectivity index (χ1) is 8.56. The standard InChI is InChI=1S/C13H21NO3S/c15-13(6-5-10-3-1-2-4-10)14-8-12-7-11(14)9-18(12,16)17/h10-12H,1-9H2. The number of amides is 1. The van der Waals surface area contributed by atoms with E-state index in [1.807, 2.05) is 4.90 Å². The zero-order valence-corrected chi connectivity index (χ0v) is 11.5. The maximum absolute atomic E-state index is 12.1. The van der Waals surface area contributed by atoms with Crippen LogP contribution < -0.4 is 0 Å². The van der Waals surface area contributed by atoms with Gasteiger partial charge in [-0.1, -0.05) is 25.7 Å². The molecule has 0 aromatic heterocycles. The minimum absolute atomic E-state index is 0.0175. The van der Waals surface area contributed by atoms with E-state index in [0.717, 1.165) is 12.3 Å². The van der Waals surface area contributed by atoms with Crippen molar-refractivity contribution in [3.8, 4) is 0 Å². The number of likely N-dealkylation sites (tertiary alicyclic amines) is 1. The third-order valence-corrected chi connectivity index (χ3v) is 7.08. The average molecular weight is 271 g/mol. The molecule has 0 N–H and O–H groups in total. The Balaban J connectivity index is 1.52. The molecule has 1 amide bonds. The van der Waals surface area contributed by atoms with Crippen molar-refractivity contribution in [3.63, 3.8) is 0 Å². The summed E-state index contributed by atoms with van der Waals surface area (Å²) in [6.07, 6.45) is 7.46. The molecule has 0 aromatic carbocycles. The van der Waals surface area contributed by atoms with Gasteiger partial charge in [-0.15, -0.1) is 0 Å². The fourth-order valence-electron chi connectivity index (χ4n) is 3.77. The first kappa shape index (κ1) is 12.5. The van der Waals surface area contributed by atoms with Crippen molar-refractivity contribution in [2.45, 2.75) is 56.2 Å². The quantitative estimate of drug-likeness (QED) is 0.778. The van der Waals surface area contributed by atoms with E-state index >= 15 is 0 Å². The molecule has 1 aliphatic carbocycles. The number of carbonyl (C=O) groups excluding carboxylic acids is 1. The predicted octanol–water partition coefficient (Wildman–Crippen LogP) is 1.35. The lowest BCUT2D eigenvalue weighted by atomic mass is 10.0. The van der Waals surface area contributed by atoms with Crippen LogP contribution in [0.3, 0.4) is 0 Å². The molecule has 4 nitrogen and oxygen atoms in total. The van der Waals surface area contributed by atoms with Gasteiger partial charge in [0.05, 0.1) is 11.0 Å². The molecule has 0 spiro atoms. The van der Waals surface area contributed by atoms with Crippen LogP contribution in [0.2, 0.25) is 0 Å². The summed E-state index contributed by atoms with van der Waals surface area (Å²) in [5.41, 5.74) is 0. The van der Waals surface area contributed by atoms with Crippen LogP contribution in [0.15, 0.2) is 0 Å². The van der Waals surface area contributed by atoms with Crippen LogP contribution in [0.4, 0.5) is 0 Å². The number of carbonyl (C=O) groups is 1. The molecule has 0 aromatic rings. The third kappa shape index (κ3) is 2.17. The van der Waals surface area contributed by atoms with Crippen LogP contribution in [0.25, 0.3) is 0 Å². The van der Waals surface area contributed by atoms with Crippen molar-refractivity contribution >= 4 is 15.7 Å². The van der Waals surface area contributed by atoms with Gasteiger partial charge >= 0.3 is 0 Å². The second kappa shape index (κ2) is 4.51. The van der Waals surface area contributed by atoms with Gasteiger partial charge in [0.1, 0.15) is 0 Å². The van der Waals surface area contributed by atoms with Crippen LogP contribution in [0.5, 0.6) is 0 Å². The fourth-order valence-corrected chi connectivity index (χ4v) is 5.80. The predicted molar refractivity (Wildman–Crippen MR) is 68.9 cm³/mol.